The number of para-hydroxylation sites is 1. The fraction of sp³-hybridized carbons (Fsp3) is 0.357. The Balaban J connectivity index is 2.01. The van der Waals surface area contributed by atoms with Crippen molar-refractivity contribution in [2.75, 3.05) is 5.32 Å². The Morgan fingerprint density at radius 3 is 2.85 bits per heavy atom. The maximum Gasteiger partial charge on any atom is 0.277 e. The first-order chi connectivity index (χ1) is 9.56. The molecule has 0 fully saturated rings. The Morgan fingerprint density at radius 2 is 2.15 bits per heavy atom. The maximum absolute atomic E-state index is 12.0. The van der Waals surface area contributed by atoms with E-state index in [1.54, 1.807) is 35.1 Å². The summed E-state index contributed by atoms with van der Waals surface area (Å²) in [5.41, 5.74) is 0.851. The summed E-state index contributed by atoms with van der Waals surface area (Å²) in [6, 6.07) is 7.07. The molecule has 0 aliphatic heterocycles. The molecule has 106 valence electrons. The van der Waals surface area contributed by atoms with E-state index >= 15 is 0 Å². The Morgan fingerprint density at radius 1 is 1.40 bits per heavy atom. The zero-order chi connectivity index (χ0) is 14.5. The maximum atomic E-state index is 12.0. The molecule has 20 heavy (non-hydrogen) atoms. The molecule has 2 aromatic rings. The number of benzene rings is 1. The minimum absolute atomic E-state index is 0.286. The van der Waals surface area contributed by atoms with Crippen molar-refractivity contribution >= 4 is 23.2 Å². The Labute approximate surface area is 122 Å². The number of nitrogens with one attached hydrogen (secondary N) is 1. The first-order valence-corrected chi connectivity index (χ1v) is 6.90. The highest BCUT2D eigenvalue weighted by molar-refractivity contribution is 6.33. The number of rotatable bonds is 5. The number of nitrogens with zero attached hydrogens (tertiary/aromatic N) is 3. The molecule has 0 aliphatic carbocycles. The lowest BCUT2D eigenvalue weighted by molar-refractivity contribution is 0.102. The quantitative estimate of drug-likeness (QED) is 0.920. The highest BCUT2D eigenvalue weighted by atomic mass is 35.5. The third-order valence-corrected chi connectivity index (χ3v) is 3.16. The fourth-order valence-corrected chi connectivity index (χ4v) is 1.83. The van der Waals surface area contributed by atoms with Gasteiger partial charge in [0.15, 0.2) is 5.69 Å². The summed E-state index contributed by atoms with van der Waals surface area (Å²) in [5, 5.41) is 11.0. The summed E-state index contributed by atoms with van der Waals surface area (Å²) in [7, 11) is 0. The highest BCUT2D eigenvalue weighted by Crippen LogP contribution is 2.20. The summed E-state index contributed by atoms with van der Waals surface area (Å²) >= 11 is 5.99. The van der Waals surface area contributed by atoms with E-state index in [4.69, 9.17) is 11.6 Å². The second kappa shape index (κ2) is 6.52. The van der Waals surface area contributed by atoms with Crippen molar-refractivity contribution in [2.24, 2.45) is 5.92 Å². The number of amides is 1. The molecule has 1 amide bonds. The minimum Gasteiger partial charge on any atom is -0.319 e. The average Bonchev–Trinajstić information content (AvgIpc) is 2.88. The lowest BCUT2D eigenvalue weighted by Gasteiger charge is -2.04. The molecular formula is C14H17ClN4O. The summed E-state index contributed by atoms with van der Waals surface area (Å²) in [6.07, 6.45) is 2.64. The molecule has 0 unspecified atom stereocenters. The second-order valence-electron chi connectivity index (χ2n) is 4.98. The molecule has 1 heterocycles. The van der Waals surface area contributed by atoms with Crippen molar-refractivity contribution in [1.82, 2.24) is 15.0 Å². The summed E-state index contributed by atoms with van der Waals surface area (Å²) in [6.45, 7) is 5.04. The number of halogens is 1. The molecule has 1 N–H and O–H groups in total. The predicted molar refractivity (Wildman–Crippen MR) is 78.9 cm³/mol. The topological polar surface area (TPSA) is 59.8 Å². The van der Waals surface area contributed by atoms with Gasteiger partial charge in [0.2, 0.25) is 0 Å². The van der Waals surface area contributed by atoms with Crippen LogP contribution >= 0.6 is 11.6 Å². The number of aryl methyl sites for hydroxylation is 1. The van der Waals surface area contributed by atoms with E-state index in [9.17, 15) is 4.79 Å². The molecule has 2 rings (SSSR count). The van der Waals surface area contributed by atoms with Gasteiger partial charge in [-0.2, -0.15) is 0 Å². The van der Waals surface area contributed by atoms with E-state index in [1.165, 1.54) is 0 Å². The molecule has 5 nitrogen and oxygen atoms in total. The Hall–Kier alpha value is -1.88. The van der Waals surface area contributed by atoms with Gasteiger partial charge in [0.25, 0.3) is 5.91 Å². The van der Waals surface area contributed by atoms with Crippen LogP contribution < -0.4 is 5.32 Å². The number of carbonyl (C=O) groups is 1. The number of carbonyl (C=O) groups excluding carboxylic acids is 1. The van der Waals surface area contributed by atoms with Gasteiger partial charge >= 0.3 is 0 Å². The number of anilines is 1. The van der Waals surface area contributed by atoms with Crippen molar-refractivity contribution in [3.8, 4) is 0 Å². The van der Waals surface area contributed by atoms with Gasteiger partial charge in [0.05, 0.1) is 16.9 Å². The molecule has 1 aromatic carbocycles. The van der Waals surface area contributed by atoms with E-state index < -0.39 is 0 Å². The highest BCUT2D eigenvalue weighted by Gasteiger charge is 2.12. The van der Waals surface area contributed by atoms with Crippen LogP contribution in [0.4, 0.5) is 5.69 Å². The normalized spacial score (nSPS) is 10.8. The third kappa shape index (κ3) is 3.81. The average molecular weight is 293 g/mol. The monoisotopic (exact) mass is 292 g/mol. The second-order valence-corrected chi connectivity index (χ2v) is 5.39. The first kappa shape index (κ1) is 14.5. The standard InChI is InChI=1S/C14H17ClN4O/c1-10(2)7-8-19-9-13(17-18-19)14(20)16-12-6-4-3-5-11(12)15/h3-6,9-10H,7-8H2,1-2H3,(H,16,20). The van der Waals surface area contributed by atoms with Crippen molar-refractivity contribution in [3.05, 3.63) is 41.2 Å². The van der Waals surface area contributed by atoms with Gasteiger partial charge in [-0.3, -0.25) is 9.48 Å². The molecule has 0 saturated heterocycles. The Bertz CT molecular complexity index is 594. The van der Waals surface area contributed by atoms with Crippen LogP contribution in [0.5, 0.6) is 0 Å². The van der Waals surface area contributed by atoms with Gasteiger partial charge < -0.3 is 5.32 Å². The van der Waals surface area contributed by atoms with Gasteiger partial charge in [-0.25, -0.2) is 0 Å². The van der Waals surface area contributed by atoms with Gasteiger partial charge in [0.1, 0.15) is 0 Å². The van der Waals surface area contributed by atoms with Crippen LogP contribution in [0, 0.1) is 5.92 Å². The van der Waals surface area contributed by atoms with Crippen LogP contribution in [0.2, 0.25) is 5.02 Å². The zero-order valence-electron chi connectivity index (χ0n) is 11.5. The van der Waals surface area contributed by atoms with E-state index in [-0.39, 0.29) is 11.6 Å². The summed E-state index contributed by atoms with van der Waals surface area (Å²) < 4.78 is 1.68. The van der Waals surface area contributed by atoms with Crippen LogP contribution in [-0.4, -0.2) is 20.9 Å². The van der Waals surface area contributed by atoms with Gasteiger partial charge in [-0.15, -0.1) is 5.10 Å². The summed E-state index contributed by atoms with van der Waals surface area (Å²) in [4.78, 5) is 12.0. The molecule has 0 atom stereocenters. The first-order valence-electron chi connectivity index (χ1n) is 6.52. The van der Waals surface area contributed by atoms with Crippen molar-refractivity contribution in [3.63, 3.8) is 0 Å². The lowest BCUT2D eigenvalue weighted by Crippen LogP contribution is -2.12. The van der Waals surface area contributed by atoms with Crippen molar-refractivity contribution in [1.29, 1.82) is 0 Å². The molecule has 0 radical (unpaired) electrons. The molecule has 0 bridgehead atoms. The SMILES string of the molecule is CC(C)CCn1cc(C(=O)Nc2ccccc2Cl)nn1. The van der Waals surface area contributed by atoms with Crippen molar-refractivity contribution < 1.29 is 4.79 Å². The van der Waals surface area contributed by atoms with E-state index in [1.807, 2.05) is 0 Å². The minimum atomic E-state index is -0.311. The van der Waals surface area contributed by atoms with E-state index in [0.29, 0.717) is 16.6 Å². The molecular weight excluding hydrogens is 276 g/mol. The number of aromatic nitrogens is 3. The van der Waals surface area contributed by atoms with Gasteiger partial charge in [-0.1, -0.05) is 42.8 Å². The summed E-state index contributed by atoms with van der Waals surface area (Å²) in [5.74, 6) is 0.272. The smallest absolute Gasteiger partial charge is 0.277 e. The molecule has 0 saturated carbocycles. The molecule has 1 aromatic heterocycles. The van der Waals surface area contributed by atoms with Crippen LogP contribution in [0.15, 0.2) is 30.5 Å². The van der Waals surface area contributed by atoms with Crippen LogP contribution in [-0.2, 0) is 6.54 Å². The van der Waals surface area contributed by atoms with Gasteiger partial charge in [-0.05, 0) is 24.5 Å². The van der Waals surface area contributed by atoms with Crippen LogP contribution in [0.1, 0.15) is 30.8 Å². The van der Waals surface area contributed by atoms with E-state index in [0.717, 1.165) is 13.0 Å². The van der Waals surface area contributed by atoms with Gasteiger partial charge in [0, 0.05) is 6.54 Å². The van der Waals surface area contributed by atoms with Crippen LogP contribution in [0.25, 0.3) is 0 Å². The zero-order valence-corrected chi connectivity index (χ0v) is 12.3. The fourth-order valence-electron chi connectivity index (χ4n) is 1.65. The number of hydrogen-bond acceptors (Lipinski definition) is 3. The number of hydrogen-bond donors (Lipinski definition) is 1. The largest absolute Gasteiger partial charge is 0.319 e. The lowest BCUT2D eigenvalue weighted by atomic mass is 10.1. The Kier molecular flexibility index (Phi) is 4.74. The van der Waals surface area contributed by atoms with Crippen molar-refractivity contribution in [2.45, 2.75) is 26.8 Å². The van der Waals surface area contributed by atoms with E-state index in [2.05, 4.69) is 29.5 Å². The predicted octanol–water partition coefficient (Wildman–Crippen LogP) is 3.23. The molecule has 6 heteroatoms. The third-order valence-electron chi connectivity index (χ3n) is 2.83. The molecule has 0 aliphatic rings. The van der Waals surface area contributed by atoms with Crippen LogP contribution in [0.3, 0.4) is 0 Å². The molecule has 0 spiro atoms.